The van der Waals surface area contributed by atoms with Crippen molar-refractivity contribution in [2.24, 2.45) is 0 Å². The first-order chi connectivity index (χ1) is 10.7. The van der Waals surface area contributed by atoms with Gasteiger partial charge in [-0.2, -0.15) is 0 Å². The number of hydrogen-bond donors (Lipinski definition) is 1. The molecule has 0 unspecified atom stereocenters. The molecule has 1 aromatic heterocycles. The molecule has 0 saturated carbocycles. The molecule has 124 valence electrons. The van der Waals surface area contributed by atoms with Gasteiger partial charge in [0.05, 0.1) is 13.1 Å². The SMILES string of the molecule is CCCCNC(=O)CN1CCN(Cc2nnc(CC)o2)CC1. The van der Waals surface area contributed by atoms with Gasteiger partial charge >= 0.3 is 0 Å². The average molecular weight is 309 g/mol. The topological polar surface area (TPSA) is 74.5 Å². The van der Waals surface area contributed by atoms with E-state index in [1.54, 1.807) is 0 Å². The Morgan fingerprint density at radius 3 is 2.45 bits per heavy atom. The molecule has 1 amide bonds. The molecule has 1 aromatic rings. The molecule has 0 aliphatic carbocycles. The summed E-state index contributed by atoms with van der Waals surface area (Å²) in [6, 6.07) is 0. The van der Waals surface area contributed by atoms with Gasteiger partial charge in [-0.15, -0.1) is 10.2 Å². The summed E-state index contributed by atoms with van der Waals surface area (Å²) in [5.74, 6) is 1.51. The van der Waals surface area contributed by atoms with E-state index in [4.69, 9.17) is 4.42 Å². The van der Waals surface area contributed by atoms with Gasteiger partial charge in [-0.1, -0.05) is 20.3 Å². The summed E-state index contributed by atoms with van der Waals surface area (Å²) >= 11 is 0. The molecule has 0 spiro atoms. The Labute approximate surface area is 132 Å². The van der Waals surface area contributed by atoms with Crippen molar-refractivity contribution in [3.63, 3.8) is 0 Å². The Morgan fingerprint density at radius 2 is 1.82 bits per heavy atom. The van der Waals surface area contributed by atoms with Crippen LogP contribution in [-0.4, -0.2) is 65.2 Å². The van der Waals surface area contributed by atoms with Crippen molar-refractivity contribution in [3.8, 4) is 0 Å². The van der Waals surface area contributed by atoms with Gasteiger partial charge in [0.2, 0.25) is 17.7 Å². The van der Waals surface area contributed by atoms with E-state index in [1.807, 2.05) is 6.92 Å². The summed E-state index contributed by atoms with van der Waals surface area (Å²) in [7, 11) is 0. The summed E-state index contributed by atoms with van der Waals surface area (Å²) in [5, 5.41) is 11.0. The summed E-state index contributed by atoms with van der Waals surface area (Å²) in [6.07, 6.45) is 2.92. The predicted octanol–water partition coefficient (Wildman–Crippen LogP) is 0.666. The second kappa shape index (κ2) is 8.85. The van der Waals surface area contributed by atoms with E-state index in [1.165, 1.54) is 0 Å². The van der Waals surface area contributed by atoms with E-state index in [9.17, 15) is 4.79 Å². The van der Waals surface area contributed by atoms with Gasteiger partial charge in [0.15, 0.2) is 0 Å². The third-order valence-electron chi connectivity index (χ3n) is 3.85. The van der Waals surface area contributed by atoms with Crippen LogP contribution in [0.15, 0.2) is 4.42 Å². The van der Waals surface area contributed by atoms with Crippen molar-refractivity contribution < 1.29 is 9.21 Å². The minimum atomic E-state index is 0.131. The highest BCUT2D eigenvalue weighted by atomic mass is 16.4. The number of carbonyl (C=O) groups is 1. The molecule has 1 saturated heterocycles. The maximum atomic E-state index is 11.8. The number of carbonyl (C=O) groups excluding carboxylic acids is 1. The van der Waals surface area contributed by atoms with Crippen LogP contribution in [0.4, 0.5) is 0 Å². The lowest BCUT2D eigenvalue weighted by molar-refractivity contribution is -0.122. The molecule has 0 atom stereocenters. The van der Waals surface area contributed by atoms with E-state index in [0.29, 0.717) is 24.9 Å². The zero-order valence-electron chi connectivity index (χ0n) is 13.7. The van der Waals surface area contributed by atoms with Gasteiger partial charge in [0.25, 0.3) is 0 Å². The fourth-order valence-electron chi connectivity index (χ4n) is 2.46. The van der Waals surface area contributed by atoms with Crippen molar-refractivity contribution in [2.75, 3.05) is 39.3 Å². The Morgan fingerprint density at radius 1 is 1.14 bits per heavy atom. The van der Waals surface area contributed by atoms with Crippen LogP contribution in [0.3, 0.4) is 0 Å². The number of unbranched alkanes of at least 4 members (excludes halogenated alkanes) is 1. The van der Waals surface area contributed by atoms with E-state index < -0.39 is 0 Å². The largest absolute Gasteiger partial charge is 0.424 e. The van der Waals surface area contributed by atoms with Crippen molar-refractivity contribution in [1.82, 2.24) is 25.3 Å². The monoisotopic (exact) mass is 309 g/mol. The van der Waals surface area contributed by atoms with Gasteiger partial charge in [0.1, 0.15) is 0 Å². The van der Waals surface area contributed by atoms with Crippen LogP contribution in [0.1, 0.15) is 38.5 Å². The highest BCUT2D eigenvalue weighted by Crippen LogP contribution is 2.08. The first kappa shape index (κ1) is 16.9. The van der Waals surface area contributed by atoms with Gasteiger partial charge in [-0.3, -0.25) is 14.6 Å². The first-order valence-electron chi connectivity index (χ1n) is 8.24. The van der Waals surface area contributed by atoms with Crippen LogP contribution in [-0.2, 0) is 17.8 Å². The number of nitrogens with zero attached hydrogens (tertiary/aromatic N) is 4. The lowest BCUT2D eigenvalue weighted by atomic mass is 10.3. The molecule has 22 heavy (non-hydrogen) atoms. The van der Waals surface area contributed by atoms with Crippen molar-refractivity contribution >= 4 is 5.91 Å². The van der Waals surface area contributed by atoms with Gasteiger partial charge < -0.3 is 9.73 Å². The van der Waals surface area contributed by atoms with Gasteiger partial charge in [-0.25, -0.2) is 0 Å². The Balaban J connectivity index is 1.66. The highest BCUT2D eigenvalue weighted by Gasteiger charge is 2.20. The molecule has 1 fully saturated rings. The summed E-state index contributed by atoms with van der Waals surface area (Å²) < 4.78 is 5.54. The van der Waals surface area contributed by atoms with Crippen LogP contribution in [0.5, 0.6) is 0 Å². The minimum absolute atomic E-state index is 0.131. The van der Waals surface area contributed by atoms with Crippen LogP contribution in [0.25, 0.3) is 0 Å². The second-order valence-electron chi connectivity index (χ2n) is 5.70. The van der Waals surface area contributed by atoms with E-state index in [-0.39, 0.29) is 5.91 Å². The number of hydrogen-bond acceptors (Lipinski definition) is 6. The van der Waals surface area contributed by atoms with Crippen LogP contribution < -0.4 is 5.32 Å². The minimum Gasteiger partial charge on any atom is -0.424 e. The fourth-order valence-corrected chi connectivity index (χ4v) is 2.46. The van der Waals surface area contributed by atoms with Gasteiger partial charge in [-0.05, 0) is 6.42 Å². The lowest BCUT2D eigenvalue weighted by Crippen LogP contribution is -2.49. The molecule has 1 aliphatic rings. The molecule has 2 rings (SSSR count). The number of aromatic nitrogens is 2. The van der Waals surface area contributed by atoms with E-state index in [2.05, 4.69) is 32.2 Å². The van der Waals surface area contributed by atoms with E-state index in [0.717, 1.165) is 52.0 Å². The third-order valence-corrected chi connectivity index (χ3v) is 3.85. The molecule has 0 bridgehead atoms. The number of rotatable bonds is 8. The average Bonchev–Trinajstić information content (AvgIpc) is 2.97. The summed E-state index contributed by atoms with van der Waals surface area (Å²) in [4.78, 5) is 16.3. The lowest BCUT2D eigenvalue weighted by Gasteiger charge is -2.33. The number of nitrogens with one attached hydrogen (secondary N) is 1. The van der Waals surface area contributed by atoms with Crippen molar-refractivity contribution in [3.05, 3.63) is 11.8 Å². The zero-order chi connectivity index (χ0) is 15.8. The molecular formula is C15H27N5O2. The fraction of sp³-hybridized carbons (Fsp3) is 0.800. The standard InChI is InChI=1S/C15H27N5O2/c1-3-5-6-16-13(21)11-19-7-9-20(10-8-19)12-15-18-17-14(4-2)22-15/h3-12H2,1-2H3,(H,16,21). The smallest absolute Gasteiger partial charge is 0.234 e. The molecule has 1 N–H and O–H groups in total. The third kappa shape index (κ3) is 5.38. The van der Waals surface area contributed by atoms with Crippen LogP contribution >= 0.6 is 0 Å². The molecule has 7 heteroatoms. The van der Waals surface area contributed by atoms with Gasteiger partial charge in [0, 0.05) is 39.1 Å². The van der Waals surface area contributed by atoms with Crippen LogP contribution in [0.2, 0.25) is 0 Å². The Bertz CT molecular complexity index is 455. The maximum absolute atomic E-state index is 11.8. The molecule has 0 radical (unpaired) electrons. The zero-order valence-corrected chi connectivity index (χ0v) is 13.7. The van der Waals surface area contributed by atoms with Crippen molar-refractivity contribution in [2.45, 2.75) is 39.7 Å². The molecule has 1 aliphatic heterocycles. The van der Waals surface area contributed by atoms with Crippen LogP contribution in [0, 0.1) is 0 Å². The number of amides is 1. The second-order valence-corrected chi connectivity index (χ2v) is 5.70. The molecule has 2 heterocycles. The normalized spacial score (nSPS) is 16.8. The van der Waals surface area contributed by atoms with Crippen molar-refractivity contribution in [1.29, 1.82) is 0 Å². The first-order valence-corrected chi connectivity index (χ1v) is 8.24. The predicted molar refractivity (Wildman–Crippen MR) is 83.3 cm³/mol. The quantitative estimate of drug-likeness (QED) is 0.711. The maximum Gasteiger partial charge on any atom is 0.234 e. The number of piperazine rings is 1. The highest BCUT2D eigenvalue weighted by molar-refractivity contribution is 5.77. The Hall–Kier alpha value is -1.47. The molecule has 7 nitrogen and oxygen atoms in total. The number of aryl methyl sites for hydroxylation is 1. The summed E-state index contributed by atoms with van der Waals surface area (Å²) in [5.41, 5.74) is 0. The van der Waals surface area contributed by atoms with E-state index >= 15 is 0 Å². The summed E-state index contributed by atoms with van der Waals surface area (Å²) in [6.45, 7) is 9.75. The molecular weight excluding hydrogens is 282 g/mol. The molecule has 0 aromatic carbocycles. The Kier molecular flexibility index (Phi) is 6.79.